The highest BCUT2D eigenvalue weighted by atomic mass is 127. The average molecular weight is 466 g/mol. The molecular weight excluding hydrogens is 427 g/mol. The molecular formula is C19H39IN4O. The van der Waals surface area contributed by atoms with Crippen molar-refractivity contribution in [3.8, 4) is 0 Å². The number of hydrogen-bond acceptors (Lipinski definition) is 3. The number of piperidine rings is 1. The maximum atomic E-state index is 5.27. The summed E-state index contributed by atoms with van der Waals surface area (Å²) >= 11 is 0. The molecule has 0 amide bonds. The second kappa shape index (κ2) is 12.3. The summed E-state index contributed by atoms with van der Waals surface area (Å²) in [5.74, 6) is 1.82. The van der Waals surface area contributed by atoms with Crippen molar-refractivity contribution in [2.75, 3.05) is 53.5 Å². The molecule has 1 atom stereocenters. The minimum absolute atomic E-state index is 0. The van der Waals surface area contributed by atoms with Gasteiger partial charge in [0.15, 0.2) is 5.96 Å². The Morgan fingerprint density at radius 1 is 1.28 bits per heavy atom. The number of nitrogens with one attached hydrogen (secondary N) is 2. The van der Waals surface area contributed by atoms with E-state index < -0.39 is 0 Å². The van der Waals surface area contributed by atoms with Gasteiger partial charge in [0.1, 0.15) is 0 Å². The number of aliphatic imine (C=N–C) groups is 1. The van der Waals surface area contributed by atoms with E-state index in [2.05, 4.69) is 27.4 Å². The maximum Gasteiger partial charge on any atom is 0.190 e. The van der Waals surface area contributed by atoms with Gasteiger partial charge >= 0.3 is 0 Å². The zero-order valence-corrected chi connectivity index (χ0v) is 18.8. The molecule has 0 radical (unpaired) electrons. The van der Waals surface area contributed by atoms with E-state index in [1.807, 2.05) is 7.05 Å². The second-order valence-electron chi connectivity index (χ2n) is 7.85. The van der Waals surface area contributed by atoms with E-state index >= 15 is 0 Å². The third-order valence-electron chi connectivity index (χ3n) is 5.79. The summed E-state index contributed by atoms with van der Waals surface area (Å²) in [6.45, 7) is 8.99. The van der Waals surface area contributed by atoms with Gasteiger partial charge in [-0.25, -0.2) is 0 Å². The molecule has 2 fully saturated rings. The van der Waals surface area contributed by atoms with Crippen molar-refractivity contribution in [1.29, 1.82) is 0 Å². The highest BCUT2D eigenvalue weighted by Gasteiger charge is 2.36. The number of nitrogens with zero attached hydrogens (tertiary/aromatic N) is 2. The Kier molecular flexibility index (Phi) is 11.3. The van der Waals surface area contributed by atoms with Gasteiger partial charge in [0.05, 0.1) is 0 Å². The van der Waals surface area contributed by atoms with Crippen LogP contribution in [0.3, 0.4) is 0 Å². The first kappa shape index (κ1) is 23.0. The lowest BCUT2D eigenvalue weighted by Gasteiger charge is -2.42. The van der Waals surface area contributed by atoms with E-state index in [1.54, 1.807) is 7.11 Å². The highest BCUT2D eigenvalue weighted by Crippen LogP contribution is 2.43. The fraction of sp³-hybridized carbons (Fsp3) is 0.947. The van der Waals surface area contributed by atoms with Crippen molar-refractivity contribution in [2.24, 2.45) is 16.3 Å². The Balaban J connectivity index is 0.00000312. The Labute approximate surface area is 171 Å². The zero-order valence-electron chi connectivity index (χ0n) is 16.5. The molecule has 1 aliphatic carbocycles. The molecule has 2 aliphatic rings. The Morgan fingerprint density at radius 2 is 2.08 bits per heavy atom. The molecule has 1 saturated heterocycles. The predicted octanol–water partition coefficient (Wildman–Crippen LogP) is 3.10. The van der Waals surface area contributed by atoms with Crippen LogP contribution in [0.2, 0.25) is 0 Å². The molecule has 1 heterocycles. The standard InChI is InChI=1S/C19H38N4O.HI/c1-17-7-4-12-23(15-17)13-6-11-21-18(20-2)22-16-19(8-5-9-19)10-14-24-3;/h17H,4-16H2,1-3H3,(H2,20,21,22);1H. The minimum atomic E-state index is 0. The van der Waals surface area contributed by atoms with Gasteiger partial charge in [0.2, 0.25) is 0 Å². The summed E-state index contributed by atoms with van der Waals surface area (Å²) in [4.78, 5) is 6.99. The van der Waals surface area contributed by atoms with E-state index in [9.17, 15) is 0 Å². The summed E-state index contributed by atoms with van der Waals surface area (Å²) in [6, 6.07) is 0. The molecule has 0 aromatic heterocycles. The molecule has 0 bridgehead atoms. The van der Waals surface area contributed by atoms with Crippen LogP contribution in [0.5, 0.6) is 0 Å². The van der Waals surface area contributed by atoms with E-state index in [1.165, 1.54) is 58.2 Å². The normalized spacial score (nSPS) is 23.5. The fourth-order valence-corrected chi connectivity index (χ4v) is 4.00. The number of ether oxygens (including phenoxy) is 1. The molecule has 0 aromatic rings. The third kappa shape index (κ3) is 7.99. The zero-order chi connectivity index (χ0) is 17.3. The van der Waals surface area contributed by atoms with Crippen molar-refractivity contribution >= 4 is 29.9 Å². The molecule has 25 heavy (non-hydrogen) atoms. The van der Waals surface area contributed by atoms with Gasteiger partial charge in [-0.05, 0) is 62.9 Å². The van der Waals surface area contributed by atoms with Crippen molar-refractivity contribution in [1.82, 2.24) is 15.5 Å². The summed E-state index contributed by atoms with van der Waals surface area (Å²) in [7, 11) is 3.66. The van der Waals surface area contributed by atoms with E-state index in [4.69, 9.17) is 4.74 Å². The van der Waals surface area contributed by atoms with Crippen LogP contribution in [0.4, 0.5) is 0 Å². The fourth-order valence-electron chi connectivity index (χ4n) is 4.00. The van der Waals surface area contributed by atoms with Crippen LogP contribution in [0.25, 0.3) is 0 Å². The first-order chi connectivity index (χ1) is 11.7. The van der Waals surface area contributed by atoms with Crippen LogP contribution in [0, 0.1) is 11.3 Å². The number of methoxy groups -OCH3 is 1. The van der Waals surface area contributed by atoms with Crippen LogP contribution in [-0.2, 0) is 4.74 Å². The molecule has 1 aliphatic heterocycles. The van der Waals surface area contributed by atoms with Crippen LogP contribution < -0.4 is 10.6 Å². The maximum absolute atomic E-state index is 5.27. The molecule has 2 N–H and O–H groups in total. The van der Waals surface area contributed by atoms with Crippen molar-refractivity contribution in [2.45, 2.75) is 51.9 Å². The molecule has 5 nitrogen and oxygen atoms in total. The lowest BCUT2D eigenvalue weighted by atomic mass is 9.67. The lowest BCUT2D eigenvalue weighted by Crippen LogP contribution is -2.47. The molecule has 0 aromatic carbocycles. The van der Waals surface area contributed by atoms with Gasteiger partial charge in [-0.1, -0.05) is 13.3 Å². The smallest absolute Gasteiger partial charge is 0.190 e. The van der Waals surface area contributed by atoms with E-state index in [0.29, 0.717) is 5.41 Å². The molecule has 2 rings (SSSR count). The molecule has 1 unspecified atom stereocenters. The van der Waals surface area contributed by atoms with E-state index in [0.717, 1.165) is 38.0 Å². The van der Waals surface area contributed by atoms with Crippen molar-refractivity contribution < 1.29 is 4.74 Å². The van der Waals surface area contributed by atoms with Gasteiger partial charge in [-0.3, -0.25) is 4.99 Å². The van der Waals surface area contributed by atoms with Crippen LogP contribution >= 0.6 is 24.0 Å². The largest absolute Gasteiger partial charge is 0.385 e. The molecule has 0 spiro atoms. The van der Waals surface area contributed by atoms with Gasteiger partial charge < -0.3 is 20.3 Å². The van der Waals surface area contributed by atoms with Crippen LogP contribution in [-0.4, -0.2) is 64.3 Å². The predicted molar refractivity (Wildman–Crippen MR) is 117 cm³/mol. The Morgan fingerprint density at radius 3 is 2.68 bits per heavy atom. The number of guanidine groups is 1. The van der Waals surface area contributed by atoms with Crippen molar-refractivity contribution in [3.63, 3.8) is 0 Å². The number of likely N-dealkylation sites (tertiary alicyclic amines) is 1. The van der Waals surface area contributed by atoms with Gasteiger partial charge in [-0.15, -0.1) is 24.0 Å². The average Bonchev–Trinajstić information content (AvgIpc) is 2.55. The summed E-state index contributed by atoms with van der Waals surface area (Å²) in [5, 5.41) is 7.01. The summed E-state index contributed by atoms with van der Waals surface area (Å²) in [6.07, 6.45) is 9.08. The second-order valence-corrected chi connectivity index (χ2v) is 7.85. The van der Waals surface area contributed by atoms with Crippen LogP contribution in [0.1, 0.15) is 51.9 Å². The topological polar surface area (TPSA) is 48.9 Å². The molecule has 6 heteroatoms. The van der Waals surface area contributed by atoms with Gasteiger partial charge in [0.25, 0.3) is 0 Å². The quantitative estimate of drug-likeness (QED) is 0.237. The van der Waals surface area contributed by atoms with Gasteiger partial charge in [0, 0.05) is 40.4 Å². The first-order valence-electron chi connectivity index (χ1n) is 9.83. The lowest BCUT2D eigenvalue weighted by molar-refractivity contribution is 0.0732. The Bertz CT molecular complexity index is 388. The highest BCUT2D eigenvalue weighted by molar-refractivity contribution is 14.0. The van der Waals surface area contributed by atoms with Gasteiger partial charge in [-0.2, -0.15) is 0 Å². The molecule has 148 valence electrons. The summed E-state index contributed by atoms with van der Waals surface area (Å²) < 4.78 is 5.27. The Hall–Kier alpha value is -0.0800. The minimum Gasteiger partial charge on any atom is -0.385 e. The summed E-state index contributed by atoms with van der Waals surface area (Å²) in [5.41, 5.74) is 0.428. The number of rotatable bonds is 9. The monoisotopic (exact) mass is 466 g/mol. The molecule has 1 saturated carbocycles. The number of hydrogen-bond donors (Lipinski definition) is 2. The SMILES string of the molecule is CN=C(NCCCN1CCCC(C)C1)NCC1(CCOC)CCC1.I. The van der Waals surface area contributed by atoms with Crippen molar-refractivity contribution in [3.05, 3.63) is 0 Å². The van der Waals surface area contributed by atoms with E-state index in [-0.39, 0.29) is 24.0 Å². The first-order valence-corrected chi connectivity index (χ1v) is 9.83. The third-order valence-corrected chi connectivity index (χ3v) is 5.79. The number of halogens is 1. The van der Waals surface area contributed by atoms with Crippen LogP contribution in [0.15, 0.2) is 4.99 Å².